The van der Waals surface area contributed by atoms with Crippen molar-refractivity contribution in [2.45, 2.75) is 6.54 Å². The number of hydrogen-bond acceptors (Lipinski definition) is 6. The van der Waals surface area contributed by atoms with Gasteiger partial charge in [0.25, 0.3) is 5.91 Å². The average Bonchev–Trinajstić information content (AvgIpc) is 2.83. The number of benzene rings is 2. The van der Waals surface area contributed by atoms with Crippen molar-refractivity contribution >= 4 is 39.8 Å². The number of fused-ring (bicyclic) bond motifs is 1. The van der Waals surface area contributed by atoms with Crippen LogP contribution in [0.5, 0.6) is 11.5 Å². The maximum Gasteiger partial charge on any atom is 0.270 e. The Hall–Kier alpha value is -3.84. The first-order chi connectivity index (χ1) is 15.6. The van der Waals surface area contributed by atoms with Gasteiger partial charge in [0, 0.05) is 35.0 Å². The zero-order valence-corrected chi connectivity index (χ0v) is 18.3. The van der Waals surface area contributed by atoms with Gasteiger partial charge in [-0.15, -0.1) is 0 Å². The SMILES string of the molecule is COc1ccc(CNC(=O)c2cc(Nc3nccc4ccc(Cl)cc34)ccn2)cc1OC. The minimum absolute atomic E-state index is 0.286. The van der Waals surface area contributed by atoms with Crippen LogP contribution in [-0.2, 0) is 6.54 Å². The van der Waals surface area contributed by atoms with Crippen molar-refractivity contribution in [3.63, 3.8) is 0 Å². The fraction of sp³-hybridized carbons (Fsp3) is 0.125. The van der Waals surface area contributed by atoms with E-state index in [4.69, 9.17) is 21.1 Å². The monoisotopic (exact) mass is 448 g/mol. The molecule has 162 valence electrons. The summed E-state index contributed by atoms with van der Waals surface area (Å²) < 4.78 is 10.5. The summed E-state index contributed by atoms with van der Waals surface area (Å²) in [5.74, 6) is 1.59. The van der Waals surface area contributed by atoms with Crippen LogP contribution in [0.25, 0.3) is 10.8 Å². The van der Waals surface area contributed by atoms with E-state index in [0.29, 0.717) is 34.6 Å². The minimum atomic E-state index is -0.294. The first kappa shape index (κ1) is 21.4. The highest BCUT2D eigenvalue weighted by atomic mass is 35.5. The predicted octanol–water partition coefficient (Wildman–Crippen LogP) is 4.97. The fourth-order valence-electron chi connectivity index (χ4n) is 3.27. The smallest absolute Gasteiger partial charge is 0.270 e. The van der Waals surface area contributed by atoms with Crippen molar-refractivity contribution in [3.8, 4) is 11.5 Å². The number of pyridine rings is 2. The summed E-state index contributed by atoms with van der Waals surface area (Å²) >= 11 is 6.15. The van der Waals surface area contributed by atoms with E-state index in [1.807, 2.05) is 36.4 Å². The molecule has 0 aliphatic carbocycles. The molecule has 4 rings (SSSR count). The van der Waals surface area contributed by atoms with Gasteiger partial charge in [-0.1, -0.05) is 23.7 Å². The van der Waals surface area contributed by atoms with Crippen molar-refractivity contribution in [3.05, 3.63) is 83.3 Å². The lowest BCUT2D eigenvalue weighted by Crippen LogP contribution is -2.23. The molecule has 32 heavy (non-hydrogen) atoms. The number of carbonyl (C=O) groups is 1. The number of carbonyl (C=O) groups excluding carboxylic acids is 1. The van der Waals surface area contributed by atoms with Gasteiger partial charge >= 0.3 is 0 Å². The highest BCUT2D eigenvalue weighted by molar-refractivity contribution is 6.31. The van der Waals surface area contributed by atoms with Gasteiger partial charge < -0.3 is 20.1 Å². The molecule has 2 aromatic heterocycles. The Morgan fingerprint density at radius 1 is 0.938 bits per heavy atom. The summed E-state index contributed by atoms with van der Waals surface area (Å²) in [6.45, 7) is 0.321. The molecular formula is C24H21ClN4O3. The molecule has 0 unspecified atom stereocenters. The molecule has 0 aliphatic rings. The number of anilines is 2. The van der Waals surface area contributed by atoms with Crippen molar-refractivity contribution < 1.29 is 14.3 Å². The molecule has 2 heterocycles. The van der Waals surface area contributed by atoms with E-state index in [2.05, 4.69) is 20.6 Å². The zero-order chi connectivity index (χ0) is 22.5. The fourth-order valence-corrected chi connectivity index (χ4v) is 3.44. The van der Waals surface area contributed by atoms with Gasteiger partial charge in [-0.2, -0.15) is 0 Å². The quantitative estimate of drug-likeness (QED) is 0.415. The molecule has 2 aromatic carbocycles. The Bertz CT molecular complexity index is 1280. The van der Waals surface area contributed by atoms with Gasteiger partial charge in [0.05, 0.1) is 14.2 Å². The molecule has 0 spiro atoms. The summed E-state index contributed by atoms with van der Waals surface area (Å²) in [6, 6.07) is 16.5. The Morgan fingerprint density at radius 2 is 1.75 bits per heavy atom. The Kier molecular flexibility index (Phi) is 6.37. The third-order valence-electron chi connectivity index (χ3n) is 4.88. The summed E-state index contributed by atoms with van der Waals surface area (Å²) in [6.07, 6.45) is 3.29. The lowest BCUT2D eigenvalue weighted by Gasteiger charge is -2.11. The zero-order valence-electron chi connectivity index (χ0n) is 17.6. The third kappa shape index (κ3) is 4.73. The molecule has 2 N–H and O–H groups in total. The number of nitrogens with one attached hydrogen (secondary N) is 2. The standard InChI is InChI=1S/C24H21ClN4O3/c1-31-21-6-3-15(11-22(21)32-2)14-28-24(30)20-13-18(8-10-26-20)29-23-19-12-17(25)5-4-16(19)7-9-27-23/h3-13H,14H2,1-2H3,(H,28,30)(H,26,27,29). The topological polar surface area (TPSA) is 85.4 Å². The molecule has 8 heteroatoms. The summed E-state index contributed by atoms with van der Waals surface area (Å²) in [4.78, 5) is 21.3. The molecular weight excluding hydrogens is 428 g/mol. The lowest BCUT2D eigenvalue weighted by molar-refractivity contribution is 0.0946. The van der Waals surface area contributed by atoms with E-state index < -0.39 is 0 Å². The first-order valence-electron chi connectivity index (χ1n) is 9.84. The van der Waals surface area contributed by atoms with Crippen LogP contribution < -0.4 is 20.1 Å². The first-order valence-corrected chi connectivity index (χ1v) is 10.2. The van der Waals surface area contributed by atoms with Crippen LogP contribution in [0.4, 0.5) is 11.5 Å². The lowest BCUT2D eigenvalue weighted by atomic mass is 10.1. The normalized spacial score (nSPS) is 10.6. The van der Waals surface area contributed by atoms with Crippen LogP contribution in [0, 0.1) is 0 Å². The second kappa shape index (κ2) is 9.53. The van der Waals surface area contributed by atoms with Crippen molar-refractivity contribution in [1.29, 1.82) is 0 Å². The van der Waals surface area contributed by atoms with E-state index in [9.17, 15) is 4.79 Å². The summed E-state index contributed by atoms with van der Waals surface area (Å²) in [7, 11) is 3.15. The van der Waals surface area contributed by atoms with E-state index in [1.165, 1.54) is 0 Å². The van der Waals surface area contributed by atoms with Crippen LogP contribution in [0.1, 0.15) is 16.1 Å². The van der Waals surface area contributed by atoms with Crippen LogP contribution in [0.15, 0.2) is 67.0 Å². The Labute approximate surface area is 190 Å². The number of halogens is 1. The summed E-state index contributed by atoms with van der Waals surface area (Å²) in [5, 5.41) is 8.64. The minimum Gasteiger partial charge on any atom is -0.493 e. The maximum absolute atomic E-state index is 12.7. The van der Waals surface area contributed by atoms with Crippen LogP contribution in [0.2, 0.25) is 5.02 Å². The van der Waals surface area contributed by atoms with Crippen molar-refractivity contribution in [2.75, 3.05) is 19.5 Å². The summed E-state index contributed by atoms with van der Waals surface area (Å²) in [5.41, 5.74) is 1.85. The molecule has 0 atom stereocenters. The third-order valence-corrected chi connectivity index (χ3v) is 5.12. The molecule has 7 nitrogen and oxygen atoms in total. The number of methoxy groups -OCH3 is 2. The molecule has 0 bridgehead atoms. The Morgan fingerprint density at radius 3 is 2.56 bits per heavy atom. The van der Waals surface area contributed by atoms with Gasteiger partial charge in [0.2, 0.25) is 0 Å². The van der Waals surface area contributed by atoms with Gasteiger partial charge in [0.1, 0.15) is 11.5 Å². The molecule has 1 amide bonds. The number of rotatable bonds is 7. The van der Waals surface area contributed by atoms with Crippen LogP contribution >= 0.6 is 11.6 Å². The molecule has 0 saturated carbocycles. The van der Waals surface area contributed by atoms with Gasteiger partial charge in [0.15, 0.2) is 11.5 Å². The second-order valence-corrected chi connectivity index (χ2v) is 7.39. The number of nitrogens with zero attached hydrogens (tertiary/aromatic N) is 2. The van der Waals surface area contributed by atoms with Gasteiger partial charge in [-0.3, -0.25) is 9.78 Å². The molecule has 0 radical (unpaired) electrons. The molecule has 0 fully saturated rings. The number of aromatic nitrogens is 2. The predicted molar refractivity (Wildman–Crippen MR) is 125 cm³/mol. The molecule has 0 aliphatic heterocycles. The van der Waals surface area contributed by atoms with Crippen LogP contribution in [-0.4, -0.2) is 30.1 Å². The van der Waals surface area contributed by atoms with E-state index in [-0.39, 0.29) is 11.6 Å². The van der Waals surface area contributed by atoms with Gasteiger partial charge in [-0.05, 0) is 53.4 Å². The van der Waals surface area contributed by atoms with E-state index in [1.54, 1.807) is 44.8 Å². The van der Waals surface area contributed by atoms with Gasteiger partial charge in [-0.25, -0.2) is 4.98 Å². The van der Waals surface area contributed by atoms with Crippen LogP contribution in [0.3, 0.4) is 0 Å². The van der Waals surface area contributed by atoms with Crippen molar-refractivity contribution in [1.82, 2.24) is 15.3 Å². The molecule has 4 aromatic rings. The highest BCUT2D eigenvalue weighted by Gasteiger charge is 2.11. The largest absolute Gasteiger partial charge is 0.493 e. The average molecular weight is 449 g/mol. The maximum atomic E-state index is 12.7. The molecule has 0 saturated heterocycles. The number of amides is 1. The van der Waals surface area contributed by atoms with E-state index in [0.717, 1.165) is 16.3 Å². The highest BCUT2D eigenvalue weighted by Crippen LogP contribution is 2.28. The number of hydrogen-bond donors (Lipinski definition) is 2. The Balaban J connectivity index is 1.48. The second-order valence-electron chi connectivity index (χ2n) is 6.95. The number of ether oxygens (including phenoxy) is 2. The van der Waals surface area contributed by atoms with E-state index >= 15 is 0 Å². The van der Waals surface area contributed by atoms with Crippen molar-refractivity contribution in [2.24, 2.45) is 0 Å².